The molecule has 2 saturated heterocycles. The third-order valence-corrected chi connectivity index (χ3v) is 4.01. The summed E-state index contributed by atoms with van der Waals surface area (Å²) in [6.07, 6.45) is 6.04. The fourth-order valence-corrected chi connectivity index (χ4v) is 2.72. The smallest absolute Gasteiger partial charge is 0.317 e. The first-order chi connectivity index (χ1) is 9.22. The summed E-state index contributed by atoms with van der Waals surface area (Å²) in [5.41, 5.74) is 0. The van der Waals surface area contributed by atoms with E-state index in [4.69, 9.17) is 4.74 Å². The lowest BCUT2D eigenvalue weighted by molar-refractivity contribution is 0.0965. The van der Waals surface area contributed by atoms with E-state index in [1.807, 2.05) is 10.9 Å². The van der Waals surface area contributed by atoms with Crippen LogP contribution in [-0.2, 0) is 4.74 Å². The van der Waals surface area contributed by atoms with E-state index in [2.05, 4.69) is 26.3 Å². The van der Waals surface area contributed by atoms with Crippen LogP contribution in [0.3, 0.4) is 0 Å². The second-order valence-corrected chi connectivity index (χ2v) is 5.93. The first-order valence-corrected chi connectivity index (χ1v) is 7.36. The van der Waals surface area contributed by atoms with Crippen LogP contribution in [0.2, 0.25) is 0 Å². The van der Waals surface area contributed by atoms with Crippen molar-refractivity contribution in [1.29, 1.82) is 0 Å². The number of rotatable bonds is 3. The van der Waals surface area contributed by atoms with Crippen LogP contribution in [0.4, 0.5) is 4.79 Å². The maximum absolute atomic E-state index is 11.9. The van der Waals surface area contributed by atoms with Gasteiger partial charge in [-0.3, -0.25) is 4.68 Å². The molecule has 2 aliphatic heterocycles. The predicted octanol–water partition coefficient (Wildman–Crippen LogP) is 1.39. The number of nitrogens with zero attached hydrogens (tertiary/aromatic N) is 3. The van der Waals surface area contributed by atoms with E-state index in [1.165, 1.54) is 0 Å². The first-order valence-electron chi connectivity index (χ1n) is 6.56. The Morgan fingerprint density at radius 2 is 2.42 bits per heavy atom. The van der Waals surface area contributed by atoms with E-state index in [0.29, 0.717) is 25.7 Å². The van der Waals surface area contributed by atoms with Crippen molar-refractivity contribution in [2.75, 3.05) is 26.2 Å². The van der Waals surface area contributed by atoms with Gasteiger partial charge in [-0.1, -0.05) is 0 Å². The summed E-state index contributed by atoms with van der Waals surface area (Å²) in [6, 6.07) is 0.290. The summed E-state index contributed by atoms with van der Waals surface area (Å²) in [5.74, 6) is 0. The van der Waals surface area contributed by atoms with Crippen molar-refractivity contribution in [2.24, 2.45) is 0 Å². The molecule has 1 aromatic rings. The van der Waals surface area contributed by atoms with Gasteiger partial charge in [-0.2, -0.15) is 5.10 Å². The number of halogens is 1. The number of carbonyl (C=O) groups excluding carboxylic acids is 1. The highest BCUT2D eigenvalue weighted by Gasteiger charge is 2.32. The molecule has 3 heterocycles. The number of aromatic nitrogens is 2. The van der Waals surface area contributed by atoms with Gasteiger partial charge in [0, 0.05) is 32.4 Å². The van der Waals surface area contributed by atoms with Crippen LogP contribution in [0.1, 0.15) is 18.9 Å². The second kappa shape index (κ2) is 5.50. The van der Waals surface area contributed by atoms with Crippen LogP contribution >= 0.6 is 15.9 Å². The third-order valence-electron chi connectivity index (χ3n) is 3.60. The van der Waals surface area contributed by atoms with E-state index >= 15 is 0 Å². The molecule has 2 aliphatic rings. The van der Waals surface area contributed by atoms with E-state index in [9.17, 15) is 4.79 Å². The zero-order valence-corrected chi connectivity index (χ0v) is 12.2. The topological polar surface area (TPSA) is 59.4 Å². The molecule has 0 radical (unpaired) electrons. The van der Waals surface area contributed by atoms with Gasteiger partial charge >= 0.3 is 6.03 Å². The summed E-state index contributed by atoms with van der Waals surface area (Å²) in [5, 5.41) is 7.16. The molecule has 2 fully saturated rings. The van der Waals surface area contributed by atoms with Crippen molar-refractivity contribution in [3.05, 3.63) is 16.9 Å². The van der Waals surface area contributed by atoms with Gasteiger partial charge in [0.25, 0.3) is 0 Å². The van der Waals surface area contributed by atoms with Crippen LogP contribution in [0, 0.1) is 0 Å². The highest BCUT2D eigenvalue weighted by molar-refractivity contribution is 9.10. The Labute approximate surface area is 120 Å². The predicted molar refractivity (Wildman–Crippen MR) is 72.9 cm³/mol. The van der Waals surface area contributed by atoms with Gasteiger partial charge in [0.05, 0.1) is 22.8 Å². The summed E-state index contributed by atoms with van der Waals surface area (Å²) < 4.78 is 8.34. The Morgan fingerprint density at radius 3 is 3.05 bits per heavy atom. The fraction of sp³-hybridized carbons (Fsp3) is 0.667. The van der Waals surface area contributed by atoms with Crippen LogP contribution < -0.4 is 5.32 Å². The van der Waals surface area contributed by atoms with Crippen molar-refractivity contribution in [2.45, 2.75) is 25.0 Å². The first kappa shape index (κ1) is 12.9. The summed E-state index contributed by atoms with van der Waals surface area (Å²) in [6.45, 7) is 2.87. The quantitative estimate of drug-likeness (QED) is 0.912. The molecule has 0 saturated carbocycles. The molecular weight excluding hydrogens is 312 g/mol. The van der Waals surface area contributed by atoms with Gasteiger partial charge in [0.2, 0.25) is 0 Å². The third kappa shape index (κ3) is 2.92. The van der Waals surface area contributed by atoms with Gasteiger partial charge in [0.1, 0.15) is 0 Å². The summed E-state index contributed by atoms with van der Waals surface area (Å²) in [7, 11) is 0. The molecule has 0 spiro atoms. The van der Waals surface area contributed by atoms with E-state index in [1.54, 1.807) is 11.1 Å². The molecule has 0 aromatic carbocycles. The minimum Gasteiger partial charge on any atom is -0.376 e. The SMILES string of the molecule is O=C(NCC1CCCO1)N1CC(n2cc(Br)cn2)C1. The molecule has 1 unspecified atom stereocenters. The van der Waals surface area contributed by atoms with E-state index in [-0.39, 0.29) is 12.1 Å². The van der Waals surface area contributed by atoms with Crippen molar-refractivity contribution >= 4 is 22.0 Å². The lowest BCUT2D eigenvalue weighted by atomic mass is 10.1. The van der Waals surface area contributed by atoms with Gasteiger partial charge in [-0.25, -0.2) is 4.79 Å². The second-order valence-electron chi connectivity index (χ2n) is 5.02. The zero-order chi connectivity index (χ0) is 13.2. The van der Waals surface area contributed by atoms with Crippen molar-refractivity contribution in [3.63, 3.8) is 0 Å². The number of urea groups is 1. The molecule has 6 nitrogen and oxygen atoms in total. The van der Waals surface area contributed by atoms with Gasteiger partial charge < -0.3 is 15.0 Å². The lowest BCUT2D eigenvalue weighted by Crippen LogP contribution is -2.55. The van der Waals surface area contributed by atoms with Crippen molar-refractivity contribution in [3.8, 4) is 0 Å². The number of likely N-dealkylation sites (tertiary alicyclic amines) is 1. The Bertz CT molecular complexity index is 452. The van der Waals surface area contributed by atoms with Gasteiger partial charge in [-0.05, 0) is 28.8 Å². The largest absolute Gasteiger partial charge is 0.376 e. The molecule has 7 heteroatoms. The van der Waals surface area contributed by atoms with Crippen molar-refractivity contribution in [1.82, 2.24) is 20.0 Å². The fourth-order valence-electron chi connectivity index (χ4n) is 2.42. The van der Waals surface area contributed by atoms with Crippen LogP contribution in [0.25, 0.3) is 0 Å². The monoisotopic (exact) mass is 328 g/mol. The summed E-state index contributed by atoms with van der Waals surface area (Å²) in [4.78, 5) is 13.7. The number of carbonyl (C=O) groups is 1. The van der Waals surface area contributed by atoms with E-state index in [0.717, 1.165) is 23.9 Å². The molecule has 1 aromatic heterocycles. The minimum absolute atomic E-state index is 0.00188. The average molecular weight is 329 g/mol. The maximum atomic E-state index is 11.9. The molecule has 3 rings (SSSR count). The standard InChI is InChI=1S/C12H17BrN4O2/c13-9-4-15-17(6-9)10-7-16(8-10)12(18)14-5-11-2-1-3-19-11/h4,6,10-11H,1-3,5,7-8H2,(H,14,18). The number of hydrogen-bond donors (Lipinski definition) is 1. The number of ether oxygens (including phenoxy) is 1. The maximum Gasteiger partial charge on any atom is 0.317 e. The molecule has 1 atom stereocenters. The van der Waals surface area contributed by atoms with Crippen molar-refractivity contribution < 1.29 is 9.53 Å². The van der Waals surface area contributed by atoms with Crippen LogP contribution in [0.15, 0.2) is 16.9 Å². The van der Waals surface area contributed by atoms with Crippen LogP contribution in [-0.4, -0.2) is 53.1 Å². The molecule has 104 valence electrons. The number of nitrogens with one attached hydrogen (secondary N) is 1. The molecular formula is C12H17BrN4O2. The molecule has 0 bridgehead atoms. The normalized spacial score (nSPS) is 23.4. The van der Waals surface area contributed by atoms with E-state index < -0.39 is 0 Å². The lowest BCUT2D eigenvalue weighted by Gasteiger charge is -2.39. The van der Waals surface area contributed by atoms with Crippen LogP contribution in [0.5, 0.6) is 0 Å². The molecule has 1 N–H and O–H groups in total. The number of hydrogen-bond acceptors (Lipinski definition) is 3. The number of amides is 2. The molecule has 2 amide bonds. The average Bonchev–Trinajstić information content (AvgIpc) is 2.96. The summed E-state index contributed by atoms with van der Waals surface area (Å²) >= 11 is 3.37. The minimum atomic E-state index is -0.00188. The molecule has 0 aliphatic carbocycles. The van der Waals surface area contributed by atoms with Gasteiger partial charge in [0.15, 0.2) is 0 Å². The highest BCUT2D eigenvalue weighted by Crippen LogP contribution is 2.22. The van der Waals surface area contributed by atoms with Gasteiger partial charge in [-0.15, -0.1) is 0 Å². The molecule has 19 heavy (non-hydrogen) atoms. The highest BCUT2D eigenvalue weighted by atomic mass is 79.9. The zero-order valence-electron chi connectivity index (χ0n) is 10.6. The Kier molecular flexibility index (Phi) is 3.74. The Balaban J connectivity index is 1.41. The Morgan fingerprint density at radius 1 is 1.58 bits per heavy atom. The Hall–Kier alpha value is -1.08.